The highest BCUT2D eigenvalue weighted by molar-refractivity contribution is 9.10. The van der Waals surface area contributed by atoms with E-state index in [1.54, 1.807) is 18.2 Å². The molecule has 0 saturated carbocycles. The maximum absolute atomic E-state index is 13.5. The zero-order valence-electron chi connectivity index (χ0n) is 10.6. The molecule has 0 aliphatic carbocycles. The molecule has 0 amide bonds. The topological polar surface area (TPSA) is 26.3 Å². The number of benzene rings is 2. The zero-order chi connectivity index (χ0) is 14.7. The minimum absolute atomic E-state index is 0.165. The molecule has 0 N–H and O–H groups in total. The number of ether oxygens (including phenoxy) is 1. The number of ketones is 1. The number of rotatable bonds is 4. The van der Waals surface area contributed by atoms with Crippen molar-refractivity contribution in [1.29, 1.82) is 0 Å². The molecule has 0 bridgehead atoms. The Morgan fingerprint density at radius 1 is 1.20 bits per heavy atom. The van der Waals surface area contributed by atoms with Gasteiger partial charge in [-0.3, -0.25) is 4.79 Å². The number of Topliss-reactive ketones (excluding diaryl/α,β-unsaturated/α-hetero) is 1. The molecule has 2 aromatic rings. The van der Waals surface area contributed by atoms with E-state index in [1.165, 1.54) is 13.0 Å². The van der Waals surface area contributed by atoms with Gasteiger partial charge in [-0.05, 0) is 37.3 Å². The Hall–Kier alpha value is -1.75. The Bertz CT molecular complexity index is 636. The van der Waals surface area contributed by atoms with E-state index in [4.69, 9.17) is 4.74 Å². The van der Waals surface area contributed by atoms with Crippen LogP contribution in [0.2, 0.25) is 0 Å². The molecule has 0 heterocycles. The van der Waals surface area contributed by atoms with Gasteiger partial charge in [-0.25, -0.2) is 8.78 Å². The number of carbonyl (C=O) groups is 1. The van der Waals surface area contributed by atoms with Gasteiger partial charge in [-0.2, -0.15) is 0 Å². The van der Waals surface area contributed by atoms with E-state index in [2.05, 4.69) is 15.9 Å². The summed E-state index contributed by atoms with van der Waals surface area (Å²) in [6, 6.07) is 8.50. The molecule has 2 nitrogen and oxygen atoms in total. The number of halogens is 3. The average molecular weight is 341 g/mol. The molecule has 0 atom stereocenters. The molecule has 0 aliphatic heterocycles. The highest BCUT2D eigenvalue weighted by Crippen LogP contribution is 2.26. The van der Waals surface area contributed by atoms with Gasteiger partial charge in [-0.15, -0.1) is 0 Å². The van der Waals surface area contributed by atoms with Crippen molar-refractivity contribution in [3.05, 3.63) is 63.6 Å². The predicted molar refractivity (Wildman–Crippen MR) is 74.8 cm³/mol. The van der Waals surface area contributed by atoms with Gasteiger partial charge in [0.05, 0.1) is 11.1 Å². The van der Waals surface area contributed by atoms with Gasteiger partial charge in [-0.1, -0.05) is 22.0 Å². The van der Waals surface area contributed by atoms with Crippen LogP contribution in [0.4, 0.5) is 8.78 Å². The molecule has 0 fully saturated rings. The Labute approximate surface area is 123 Å². The van der Waals surface area contributed by atoms with Crippen LogP contribution in [0.15, 0.2) is 40.9 Å². The van der Waals surface area contributed by atoms with Crippen molar-refractivity contribution in [1.82, 2.24) is 0 Å². The van der Waals surface area contributed by atoms with Gasteiger partial charge in [0.2, 0.25) is 0 Å². The summed E-state index contributed by atoms with van der Waals surface area (Å²) in [5.41, 5.74) is 0.201. The minimum Gasteiger partial charge on any atom is -0.488 e. The lowest BCUT2D eigenvalue weighted by atomic mass is 10.1. The van der Waals surface area contributed by atoms with E-state index >= 15 is 0 Å². The summed E-state index contributed by atoms with van der Waals surface area (Å²) in [7, 11) is 0. The second-order valence-electron chi connectivity index (χ2n) is 4.19. The first-order chi connectivity index (χ1) is 9.49. The Morgan fingerprint density at radius 3 is 2.45 bits per heavy atom. The summed E-state index contributed by atoms with van der Waals surface area (Å²) in [6.45, 7) is 1.12. The van der Waals surface area contributed by atoms with Crippen LogP contribution in [0.3, 0.4) is 0 Å². The van der Waals surface area contributed by atoms with Crippen molar-refractivity contribution in [2.75, 3.05) is 0 Å². The Balaban J connectivity index is 2.27. The van der Waals surface area contributed by atoms with E-state index in [0.29, 0.717) is 10.0 Å². The van der Waals surface area contributed by atoms with Crippen LogP contribution in [0.5, 0.6) is 5.75 Å². The van der Waals surface area contributed by atoms with E-state index in [9.17, 15) is 13.6 Å². The van der Waals surface area contributed by atoms with Crippen LogP contribution in [-0.4, -0.2) is 5.78 Å². The van der Waals surface area contributed by atoms with Gasteiger partial charge < -0.3 is 4.74 Å². The van der Waals surface area contributed by atoms with Crippen LogP contribution in [-0.2, 0) is 6.61 Å². The molecule has 0 saturated heterocycles. The third-order valence-corrected chi connectivity index (χ3v) is 3.25. The van der Waals surface area contributed by atoms with Crippen LogP contribution in [0.1, 0.15) is 22.8 Å². The van der Waals surface area contributed by atoms with Crippen molar-refractivity contribution in [2.24, 2.45) is 0 Å². The van der Waals surface area contributed by atoms with E-state index < -0.39 is 11.6 Å². The highest BCUT2D eigenvalue weighted by atomic mass is 79.9. The number of hydrogen-bond donors (Lipinski definition) is 0. The fourth-order valence-corrected chi connectivity index (χ4v) is 2.07. The lowest BCUT2D eigenvalue weighted by Crippen LogP contribution is -2.05. The average Bonchev–Trinajstić information content (AvgIpc) is 2.37. The lowest BCUT2D eigenvalue weighted by molar-refractivity contribution is 0.101. The summed E-state index contributed by atoms with van der Waals surface area (Å²) in [6.07, 6.45) is 0. The van der Waals surface area contributed by atoms with Gasteiger partial charge in [0.25, 0.3) is 0 Å². The van der Waals surface area contributed by atoms with Gasteiger partial charge in [0, 0.05) is 4.47 Å². The molecule has 104 valence electrons. The molecule has 0 unspecified atom stereocenters. The third-order valence-electron chi connectivity index (χ3n) is 2.76. The second kappa shape index (κ2) is 6.13. The normalized spacial score (nSPS) is 10.4. The quantitative estimate of drug-likeness (QED) is 0.765. The molecule has 20 heavy (non-hydrogen) atoms. The smallest absolute Gasteiger partial charge is 0.163 e. The molecule has 0 radical (unpaired) electrons. The van der Waals surface area contributed by atoms with Crippen molar-refractivity contribution in [3.8, 4) is 5.75 Å². The first kappa shape index (κ1) is 14.7. The molecule has 0 aromatic heterocycles. The number of carbonyl (C=O) groups excluding carboxylic acids is 1. The standard InChI is InChI=1S/C15H11BrF2O2/c1-9(19)11-6-5-10(16)7-15(11)20-8-12-13(17)3-2-4-14(12)18/h2-7H,8H2,1H3. The summed E-state index contributed by atoms with van der Waals surface area (Å²) in [5.74, 6) is -1.25. The second-order valence-corrected chi connectivity index (χ2v) is 5.10. The first-order valence-electron chi connectivity index (χ1n) is 5.85. The summed E-state index contributed by atoms with van der Waals surface area (Å²) >= 11 is 3.26. The van der Waals surface area contributed by atoms with Crippen molar-refractivity contribution in [2.45, 2.75) is 13.5 Å². The van der Waals surface area contributed by atoms with Gasteiger partial charge >= 0.3 is 0 Å². The van der Waals surface area contributed by atoms with Gasteiger partial charge in [0.1, 0.15) is 24.0 Å². The van der Waals surface area contributed by atoms with Gasteiger partial charge in [0.15, 0.2) is 5.78 Å². The van der Waals surface area contributed by atoms with Crippen LogP contribution in [0, 0.1) is 11.6 Å². The molecule has 0 aliphatic rings. The Kier molecular flexibility index (Phi) is 4.49. The number of hydrogen-bond acceptors (Lipinski definition) is 2. The molecular formula is C15H11BrF2O2. The molecule has 2 rings (SSSR count). The van der Waals surface area contributed by atoms with Crippen molar-refractivity contribution >= 4 is 21.7 Å². The minimum atomic E-state index is -0.677. The van der Waals surface area contributed by atoms with Crippen molar-refractivity contribution in [3.63, 3.8) is 0 Å². The van der Waals surface area contributed by atoms with E-state index in [-0.39, 0.29) is 23.7 Å². The monoisotopic (exact) mass is 340 g/mol. The molecule has 5 heteroatoms. The van der Waals surface area contributed by atoms with Crippen LogP contribution < -0.4 is 4.74 Å². The molecule has 2 aromatic carbocycles. The van der Waals surface area contributed by atoms with Crippen molar-refractivity contribution < 1.29 is 18.3 Å². The van der Waals surface area contributed by atoms with Crippen LogP contribution in [0.25, 0.3) is 0 Å². The third kappa shape index (κ3) is 3.22. The maximum atomic E-state index is 13.5. The van der Waals surface area contributed by atoms with Crippen LogP contribution >= 0.6 is 15.9 Å². The van der Waals surface area contributed by atoms with E-state index in [0.717, 1.165) is 12.1 Å². The lowest BCUT2D eigenvalue weighted by Gasteiger charge is -2.11. The SMILES string of the molecule is CC(=O)c1ccc(Br)cc1OCc1c(F)cccc1F. The summed E-state index contributed by atoms with van der Waals surface area (Å²) < 4.78 is 33.1. The molecular weight excluding hydrogens is 330 g/mol. The fraction of sp³-hybridized carbons (Fsp3) is 0.133. The maximum Gasteiger partial charge on any atom is 0.163 e. The fourth-order valence-electron chi connectivity index (χ4n) is 1.73. The predicted octanol–water partition coefficient (Wildman–Crippen LogP) is 4.51. The summed E-state index contributed by atoms with van der Waals surface area (Å²) in [5, 5.41) is 0. The highest BCUT2D eigenvalue weighted by Gasteiger charge is 2.13. The Morgan fingerprint density at radius 2 is 1.85 bits per heavy atom. The largest absolute Gasteiger partial charge is 0.488 e. The molecule has 0 spiro atoms. The van der Waals surface area contributed by atoms with E-state index in [1.807, 2.05) is 0 Å². The first-order valence-corrected chi connectivity index (χ1v) is 6.64. The zero-order valence-corrected chi connectivity index (χ0v) is 12.2. The summed E-state index contributed by atoms with van der Waals surface area (Å²) in [4.78, 5) is 11.5.